The predicted octanol–water partition coefficient (Wildman–Crippen LogP) is 8.97. The van der Waals surface area contributed by atoms with Crippen molar-refractivity contribution in [2.45, 2.75) is 44.9 Å². The second-order valence-electron chi connectivity index (χ2n) is 10.7. The monoisotopic (exact) mass is 466 g/mol. The highest BCUT2D eigenvalue weighted by molar-refractivity contribution is 5.68. The van der Waals surface area contributed by atoms with Crippen molar-refractivity contribution >= 4 is 6.08 Å². The lowest BCUT2D eigenvalue weighted by molar-refractivity contribution is 0.623. The molecule has 6 rings (SSSR count). The Balaban J connectivity index is 1.38. The fraction of sp³-hybridized carbons (Fsp3) is 0.222. The van der Waals surface area contributed by atoms with Gasteiger partial charge in [-0.2, -0.15) is 0 Å². The molecule has 3 aliphatic carbocycles. The molecule has 0 heteroatoms. The zero-order chi connectivity index (χ0) is 24.6. The number of hydrogen-bond donors (Lipinski definition) is 0. The Hall–Kier alpha value is -3.64. The molecule has 0 nitrogen and oxygen atoms in total. The van der Waals surface area contributed by atoms with Gasteiger partial charge in [-0.25, -0.2) is 0 Å². The van der Waals surface area contributed by atoms with E-state index in [1.54, 1.807) is 0 Å². The summed E-state index contributed by atoms with van der Waals surface area (Å²) in [7, 11) is 0. The molecule has 0 aliphatic heterocycles. The Morgan fingerprint density at radius 2 is 1.61 bits per heavy atom. The molecule has 1 saturated carbocycles. The zero-order valence-corrected chi connectivity index (χ0v) is 21.3. The van der Waals surface area contributed by atoms with Crippen LogP contribution in [0.25, 0.3) is 6.08 Å². The summed E-state index contributed by atoms with van der Waals surface area (Å²) in [4.78, 5) is 0. The second-order valence-corrected chi connectivity index (χ2v) is 10.7. The Morgan fingerprint density at radius 1 is 0.889 bits per heavy atom. The number of allylic oxidation sites excluding steroid dienone is 7. The summed E-state index contributed by atoms with van der Waals surface area (Å²) in [5.74, 6) is 0.542. The third-order valence-corrected chi connectivity index (χ3v) is 8.32. The van der Waals surface area contributed by atoms with Crippen LogP contribution in [0.1, 0.15) is 53.5 Å². The van der Waals surface area contributed by atoms with E-state index < -0.39 is 0 Å². The van der Waals surface area contributed by atoms with E-state index in [-0.39, 0.29) is 5.92 Å². The predicted molar refractivity (Wildman–Crippen MR) is 153 cm³/mol. The summed E-state index contributed by atoms with van der Waals surface area (Å²) in [6, 6.07) is 28.8. The zero-order valence-electron chi connectivity index (χ0n) is 21.3. The minimum Gasteiger partial charge on any atom is -0.0952 e. The Kier molecular flexibility index (Phi) is 5.97. The van der Waals surface area contributed by atoms with E-state index in [1.807, 2.05) is 0 Å². The molecule has 0 spiro atoms. The fourth-order valence-corrected chi connectivity index (χ4v) is 6.67. The van der Waals surface area contributed by atoms with Crippen molar-refractivity contribution in [1.29, 1.82) is 0 Å². The van der Waals surface area contributed by atoms with Crippen LogP contribution in [0.3, 0.4) is 0 Å². The van der Waals surface area contributed by atoms with Gasteiger partial charge in [0.2, 0.25) is 0 Å². The van der Waals surface area contributed by atoms with Crippen molar-refractivity contribution < 1.29 is 0 Å². The lowest BCUT2D eigenvalue weighted by Crippen LogP contribution is -2.21. The average Bonchev–Trinajstić information content (AvgIpc) is 3.48. The molecule has 0 aromatic heterocycles. The summed E-state index contributed by atoms with van der Waals surface area (Å²) in [5, 5.41) is 0. The molecule has 0 amide bonds. The molecule has 3 aromatic carbocycles. The van der Waals surface area contributed by atoms with Crippen LogP contribution in [0.2, 0.25) is 0 Å². The summed E-state index contributed by atoms with van der Waals surface area (Å²) >= 11 is 0. The van der Waals surface area contributed by atoms with Crippen LogP contribution < -0.4 is 0 Å². The number of benzene rings is 3. The first-order chi connectivity index (χ1) is 17.6. The molecular weight excluding hydrogens is 432 g/mol. The van der Waals surface area contributed by atoms with E-state index in [0.29, 0.717) is 5.92 Å². The minimum absolute atomic E-state index is 0.251. The smallest absolute Gasteiger partial charge is 0.0201 e. The summed E-state index contributed by atoms with van der Waals surface area (Å²) in [5.41, 5.74) is 15.2. The van der Waals surface area contributed by atoms with E-state index in [4.69, 9.17) is 6.58 Å². The summed E-state index contributed by atoms with van der Waals surface area (Å²) < 4.78 is 0. The van der Waals surface area contributed by atoms with Crippen molar-refractivity contribution in [3.8, 4) is 0 Å². The van der Waals surface area contributed by atoms with Gasteiger partial charge in [0.1, 0.15) is 0 Å². The molecular formula is C36H34. The highest BCUT2D eigenvalue weighted by Crippen LogP contribution is 2.55. The average molecular weight is 467 g/mol. The van der Waals surface area contributed by atoms with Gasteiger partial charge >= 0.3 is 0 Å². The van der Waals surface area contributed by atoms with Gasteiger partial charge in [0, 0.05) is 11.8 Å². The molecule has 0 bridgehead atoms. The standard InChI is InChI=1S/C36H34/c1-24(19-27-11-6-4-7-12-27)34-25(2)20-33-23-32(22-28-17-18-29-15-10-16-31(29)21-28)26(3)35(33)36(34)30-13-8-5-9-14-30/h4-9,11-14,17-18,20-22,35-36H,1,3,10,15-16,19,23H2,2H3/b32-22-. The SMILES string of the molecule is C=C(Cc1ccccc1)C1=C(C)C=C2C/C(=C/c3ccc4c(c3)CCC4)C(=C)C2C1c1ccccc1. The molecule has 178 valence electrons. The summed E-state index contributed by atoms with van der Waals surface area (Å²) in [6.45, 7) is 11.6. The first kappa shape index (κ1) is 22.8. The van der Waals surface area contributed by atoms with Crippen molar-refractivity contribution in [2.24, 2.45) is 5.92 Å². The third-order valence-electron chi connectivity index (χ3n) is 8.32. The minimum atomic E-state index is 0.251. The lowest BCUT2D eigenvalue weighted by Gasteiger charge is -2.34. The molecule has 2 unspecified atom stereocenters. The van der Waals surface area contributed by atoms with Gasteiger partial charge in [0.25, 0.3) is 0 Å². The molecule has 2 atom stereocenters. The molecule has 0 radical (unpaired) electrons. The van der Waals surface area contributed by atoms with Gasteiger partial charge in [-0.15, -0.1) is 0 Å². The number of hydrogen-bond acceptors (Lipinski definition) is 0. The number of rotatable bonds is 5. The van der Waals surface area contributed by atoms with Crippen LogP contribution in [-0.4, -0.2) is 0 Å². The van der Waals surface area contributed by atoms with E-state index >= 15 is 0 Å². The van der Waals surface area contributed by atoms with Crippen molar-refractivity contribution in [3.63, 3.8) is 0 Å². The van der Waals surface area contributed by atoms with Gasteiger partial charge < -0.3 is 0 Å². The molecule has 3 aliphatic rings. The molecule has 0 saturated heterocycles. The maximum atomic E-state index is 4.71. The quantitative estimate of drug-likeness (QED) is 0.352. The van der Waals surface area contributed by atoms with Crippen LogP contribution in [0.4, 0.5) is 0 Å². The van der Waals surface area contributed by atoms with Crippen molar-refractivity contribution in [2.75, 3.05) is 0 Å². The first-order valence-corrected chi connectivity index (χ1v) is 13.3. The summed E-state index contributed by atoms with van der Waals surface area (Å²) in [6.07, 6.45) is 10.4. The van der Waals surface area contributed by atoms with E-state index in [0.717, 1.165) is 12.8 Å². The highest BCUT2D eigenvalue weighted by atomic mass is 14.4. The van der Waals surface area contributed by atoms with Gasteiger partial charge in [0.05, 0.1) is 0 Å². The molecule has 0 heterocycles. The first-order valence-electron chi connectivity index (χ1n) is 13.3. The third kappa shape index (κ3) is 4.16. The van der Waals surface area contributed by atoms with Crippen molar-refractivity contribution in [1.82, 2.24) is 0 Å². The van der Waals surface area contributed by atoms with Crippen LogP contribution in [0, 0.1) is 5.92 Å². The van der Waals surface area contributed by atoms with Crippen LogP contribution >= 0.6 is 0 Å². The van der Waals surface area contributed by atoms with E-state index in [1.165, 1.54) is 80.5 Å². The number of aryl methyl sites for hydroxylation is 2. The van der Waals surface area contributed by atoms with E-state index in [2.05, 4.69) is 105 Å². The topological polar surface area (TPSA) is 0 Å². The molecule has 3 aromatic rings. The Morgan fingerprint density at radius 3 is 2.39 bits per heavy atom. The Labute approximate surface area is 216 Å². The maximum Gasteiger partial charge on any atom is 0.0201 e. The largest absolute Gasteiger partial charge is 0.0952 e. The second kappa shape index (κ2) is 9.43. The van der Waals surface area contributed by atoms with Crippen molar-refractivity contribution in [3.05, 3.63) is 159 Å². The fourth-order valence-electron chi connectivity index (χ4n) is 6.67. The molecule has 0 N–H and O–H groups in total. The van der Waals surface area contributed by atoms with Crippen LogP contribution in [0.15, 0.2) is 132 Å². The van der Waals surface area contributed by atoms with Gasteiger partial charge in [-0.1, -0.05) is 110 Å². The lowest BCUT2D eigenvalue weighted by atomic mass is 9.69. The van der Waals surface area contributed by atoms with Gasteiger partial charge in [-0.05, 0) is 94.7 Å². The Bertz CT molecular complexity index is 1430. The van der Waals surface area contributed by atoms with Gasteiger partial charge in [0.15, 0.2) is 0 Å². The molecule has 36 heavy (non-hydrogen) atoms. The van der Waals surface area contributed by atoms with Gasteiger partial charge in [-0.3, -0.25) is 0 Å². The maximum absolute atomic E-state index is 4.71. The van der Waals surface area contributed by atoms with E-state index in [9.17, 15) is 0 Å². The number of fused-ring (bicyclic) bond motifs is 2. The normalized spacial score (nSPS) is 22.0. The highest BCUT2D eigenvalue weighted by Gasteiger charge is 2.40. The van der Waals surface area contributed by atoms with Crippen LogP contribution in [-0.2, 0) is 19.3 Å². The van der Waals surface area contributed by atoms with Crippen LogP contribution in [0.5, 0.6) is 0 Å². The molecule has 1 fully saturated rings.